The van der Waals surface area contributed by atoms with E-state index in [2.05, 4.69) is 11.9 Å². The third kappa shape index (κ3) is 2.12. The van der Waals surface area contributed by atoms with Gasteiger partial charge in [0.05, 0.1) is 5.69 Å². The van der Waals surface area contributed by atoms with Gasteiger partial charge in [0.1, 0.15) is 5.38 Å². The van der Waals surface area contributed by atoms with Crippen LogP contribution in [0.1, 0.15) is 30.8 Å². The van der Waals surface area contributed by atoms with Gasteiger partial charge in [-0.2, -0.15) is 0 Å². The smallest absolute Gasteiger partial charge is 0.212 e. The molecule has 16 heavy (non-hydrogen) atoms. The van der Waals surface area contributed by atoms with Gasteiger partial charge in [0.25, 0.3) is 0 Å². The van der Waals surface area contributed by atoms with Crippen LogP contribution in [-0.4, -0.2) is 4.98 Å². The summed E-state index contributed by atoms with van der Waals surface area (Å²) >= 11 is 5.98. The first-order chi connectivity index (χ1) is 7.72. The van der Waals surface area contributed by atoms with Crippen LogP contribution in [0.25, 0.3) is 11.3 Å². The number of oxazole rings is 1. The number of aromatic nitrogens is 1. The summed E-state index contributed by atoms with van der Waals surface area (Å²) < 4.78 is 5.71. The Hall–Kier alpha value is -1.28. The molecule has 0 unspecified atom stereocenters. The largest absolute Gasteiger partial charge is 0.439 e. The van der Waals surface area contributed by atoms with E-state index in [0.29, 0.717) is 5.89 Å². The molecule has 1 aromatic carbocycles. The molecule has 0 spiro atoms. The number of alkyl halides is 1. The molecule has 1 atom stereocenters. The Balaban J connectivity index is 2.48. The lowest BCUT2D eigenvalue weighted by atomic mass is 10.1. The van der Waals surface area contributed by atoms with Crippen LogP contribution in [0.15, 0.2) is 34.7 Å². The molecule has 84 valence electrons. The Labute approximate surface area is 100 Å². The predicted octanol–water partition coefficient (Wildman–Crippen LogP) is 4.20. The minimum Gasteiger partial charge on any atom is -0.439 e. The summed E-state index contributed by atoms with van der Waals surface area (Å²) in [5.41, 5.74) is 2.02. The number of hydrogen-bond acceptors (Lipinski definition) is 2. The summed E-state index contributed by atoms with van der Waals surface area (Å²) in [5.74, 6) is 1.43. The molecule has 2 nitrogen and oxygen atoms in total. The monoisotopic (exact) mass is 235 g/mol. The van der Waals surface area contributed by atoms with Crippen molar-refractivity contribution >= 4 is 11.6 Å². The van der Waals surface area contributed by atoms with Crippen LogP contribution in [0.5, 0.6) is 0 Å². The quantitative estimate of drug-likeness (QED) is 0.745. The lowest BCUT2D eigenvalue weighted by Gasteiger charge is -1.98. The maximum atomic E-state index is 5.98. The SMILES string of the molecule is CCc1nc([C@H](C)Cl)oc1-c1ccccc1. The van der Waals surface area contributed by atoms with Crippen LogP contribution in [-0.2, 0) is 6.42 Å². The van der Waals surface area contributed by atoms with Gasteiger partial charge in [0, 0.05) is 5.56 Å². The molecule has 2 aromatic rings. The Morgan fingerprint density at radius 2 is 2.00 bits per heavy atom. The molecule has 3 heteroatoms. The molecule has 0 radical (unpaired) electrons. The van der Waals surface area contributed by atoms with E-state index in [1.165, 1.54) is 0 Å². The van der Waals surface area contributed by atoms with Crippen molar-refractivity contribution in [3.05, 3.63) is 41.9 Å². The highest BCUT2D eigenvalue weighted by atomic mass is 35.5. The number of rotatable bonds is 3. The number of hydrogen-bond donors (Lipinski definition) is 0. The highest BCUT2D eigenvalue weighted by Crippen LogP contribution is 2.29. The van der Waals surface area contributed by atoms with E-state index in [0.717, 1.165) is 23.4 Å². The van der Waals surface area contributed by atoms with E-state index >= 15 is 0 Å². The average Bonchev–Trinajstić information content (AvgIpc) is 2.74. The Bertz CT molecular complexity index is 462. The van der Waals surface area contributed by atoms with E-state index in [4.69, 9.17) is 16.0 Å². The molecule has 0 N–H and O–H groups in total. The number of nitrogens with zero attached hydrogens (tertiary/aromatic N) is 1. The fourth-order valence-electron chi connectivity index (χ4n) is 1.59. The molecule has 0 aliphatic rings. The first kappa shape index (κ1) is 11.2. The van der Waals surface area contributed by atoms with E-state index < -0.39 is 0 Å². The maximum Gasteiger partial charge on any atom is 0.212 e. The van der Waals surface area contributed by atoms with Gasteiger partial charge in [0.2, 0.25) is 5.89 Å². The number of halogens is 1. The molecular weight excluding hydrogens is 222 g/mol. The molecule has 0 aliphatic heterocycles. The van der Waals surface area contributed by atoms with E-state index in [-0.39, 0.29) is 5.38 Å². The predicted molar refractivity (Wildman–Crippen MR) is 65.6 cm³/mol. The van der Waals surface area contributed by atoms with Crippen LogP contribution in [0.2, 0.25) is 0 Å². The van der Waals surface area contributed by atoms with Gasteiger partial charge in [-0.05, 0) is 13.3 Å². The van der Waals surface area contributed by atoms with Gasteiger partial charge in [-0.1, -0.05) is 37.3 Å². The van der Waals surface area contributed by atoms with Gasteiger partial charge in [-0.3, -0.25) is 0 Å². The fourth-order valence-corrected chi connectivity index (χ4v) is 1.69. The minimum atomic E-state index is -0.192. The summed E-state index contributed by atoms with van der Waals surface area (Å²) in [6.07, 6.45) is 0.845. The third-order valence-electron chi connectivity index (χ3n) is 2.43. The zero-order chi connectivity index (χ0) is 11.5. The van der Waals surface area contributed by atoms with Gasteiger partial charge in [-0.25, -0.2) is 4.98 Å². The van der Waals surface area contributed by atoms with Crippen molar-refractivity contribution in [1.82, 2.24) is 4.98 Å². The second-order valence-corrected chi connectivity index (χ2v) is 4.32. The molecule has 0 fully saturated rings. The number of benzene rings is 1. The van der Waals surface area contributed by atoms with Crippen LogP contribution < -0.4 is 0 Å². The third-order valence-corrected chi connectivity index (χ3v) is 2.61. The van der Waals surface area contributed by atoms with Gasteiger partial charge >= 0.3 is 0 Å². The van der Waals surface area contributed by atoms with Crippen molar-refractivity contribution in [1.29, 1.82) is 0 Å². The molecule has 1 heterocycles. The van der Waals surface area contributed by atoms with E-state index in [1.54, 1.807) is 0 Å². The topological polar surface area (TPSA) is 26.0 Å². The Kier molecular flexibility index (Phi) is 3.30. The summed E-state index contributed by atoms with van der Waals surface area (Å²) in [4.78, 5) is 4.41. The zero-order valence-electron chi connectivity index (χ0n) is 9.40. The second-order valence-electron chi connectivity index (χ2n) is 3.66. The molecule has 0 amide bonds. The van der Waals surface area contributed by atoms with Crippen molar-refractivity contribution in [2.75, 3.05) is 0 Å². The minimum absolute atomic E-state index is 0.192. The van der Waals surface area contributed by atoms with E-state index in [9.17, 15) is 0 Å². The molecule has 1 aromatic heterocycles. The standard InChI is InChI=1S/C13H14ClNO/c1-3-11-12(10-7-5-4-6-8-10)16-13(15-11)9(2)14/h4-9H,3H2,1-2H3/t9-/m0/s1. The molecule has 0 saturated carbocycles. The molecule has 0 saturated heterocycles. The van der Waals surface area contributed by atoms with Crippen LogP contribution in [0.4, 0.5) is 0 Å². The van der Waals surface area contributed by atoms with Gasteiger partial charge < -0.3 is 4.42 Å². The average molecular weight is 236 g/mol. The molecule has 0 bridgehead atoms. The van der Waals surface area contributed by atoms with Gasteiger partial charge in [-0.15, -0.1) is 11.6 Å². The van der Waals surface area contributed by atoms with Crippen molar-refractivity contribution in [2.24, 2.45) is 0 Å². The van der Waals surface area contributed by atoms with Gasteiger partial charge in [0.15, 0.2) is 5.76 Å². The van der Waals surface area contributed by atoms with Crippen molar-refractivity contribution < 1.29 is 4.42 Å². The highest BCUT2D eigenvalue weighted by molar-refractivity contribution is 6.20. The summed E-state index contributed by atoms with van der Waals surface area (Å²) in [7, 11) is 0. The summed E-state index contributed by atoms with van der Waals surface area (Å²) in [5, 5.41) is -0.192. The van der Waals surface area contributed by atoms with Crippen molar-refractivity contribution in [2.45, 2.75) is 25.6 Å². The molecule has 0 aliphatic carbocycles. The first-order valence-electron chi connectivity index (χ1n) is 5.41. The fraction of sp³-hybridized carbons (Fsp3) is 0.308. The van der Waals surface area contributed by atoms with E-state index in [1.807, 2.05) is 37.3 Å². The van der Waals surface area contributed by atoms with Crippen molar-refractivity contribution in [3.8, 4) is 11.3 Å². The summed E-state index contributed by atoms with van der Waals surface area (Å²) in [6, 6.07) is 9.99. The number of aryl methyl sites for hydroxylation is 1. The Morgan fingerprint density at radius 1 is 1.31 bits per heavy atom. The lowest BCUT2D eigenvalue weighted by molar-refractivity contribution is 0.508. The summed E-state index contributed by atoms with van der Waals surface area (Å²) in [6.45, 7) is 3.93. The van der Waals surface area contributed by atoms with Crippen molar-refractivity contribution in [3.63, 3.8) is 0 Å². The molecule has 2 rings (SSSR count). The van der Waals surface area contributed by atoms with Crippen LogP contribution in [0.3, 0.4) is 0 Å². The first-order valence-corrected chi connectivity index (χ1v) is 5.85. The lowest BCUT2D eigenvalue weighted by Crippen LogP contribution is -1.86. The Morgan fingerprint density at radius 3 is 2.56 bits per heavy atom. The normalized spacial score (nSPS) is 12.7. The second kappa shape index (κ2) is 4.71. The van der Waals surface area contributed by atoms with Crippen LogP contribution in [0, 0.1) is 0 Å². The zero-order valence-corrected chi connectivity index (χ0v) is 10.2. The molecular formula is C13H14ClNO. The maximum absolute atomic E-state index is 5.98. The van der Waals surface area contributed by atoms with Crippen LogP contribution >= 0.6 is 11.6 Å². The highest BCUT2D eigenvalue weighted by Gasteiger charge is 2.16.